The van der Waals surface area contributed by atoms with E-state index in [1.165, 1.54) is 18.2 Å². The van der Waals surface area contributed by atoms with E-state index in [0.717, 1.165) is 0 Å². The molecule has 2 aromatic carbocycles. The minimum Gasteiger partial charge on any atom is -0.261 e. The van der Waals surface area contributed by atoms with Gasteiger partial charge in [-0.3, -0.25) is 4.72 Å². The number of rotatable bonds is 3. The van der Waals surface area contributed by atoms with Gasteiger partial charge in [-0.1, -0.05) is 35.9 Å². The first-order valence-corrected chi connectivity index (χ1v) is 8.31. The van der Waals surface area contributed by atoms with Crippen molar-refractivity contribution < 1.29 is 8.42 Å². The molecule has 0 unspecified atom stereocenters. The average molecular weight is 345 g/mol. The van der Waals surface area contributed by atoms with E-state index in [4.69, 9.17) is 16.9 Å². The van der Waals surface area contributed by atoms with Gasteiger partial charge >= 0.3 is 0 Å². The number of aromatic nitrogens is 2. The maximum Gasteiger partial charge on any atom is 0.264 e. The zero-order valence-corrected chi connectivity index (χ0v) is 13.1. The summed E-state index contributed by atoms with van der Waals surface area (Å²) in [5, 5.41) is 8.98. The van der Waals surface area contributed by atoms with Gasteiger partial charge in [0.2, 0.25) is 0 Å². The molecule has 23 heavy (non-hydrogen) atoms. The lowest BCUT2D eigenvalue weighted by Crippen LogP contribution is -2.16. The monoisotopic (exact) mass is 344 g/mol. The summed E-state index contributed by atoms with van der Waals surface area (Å²) in [6.45, 7) is 0. The normalized spacial score (nSPS) is 11.1. The van der Waals surface area contributed by atoms with Crippen molar-refractivity contribution in [3.05, 3.63) is 59.2 Å². The van der Waals surface area contributed by atoms with Crippen LogP contribution in [-0.4, -0.2) is 18.4 Å². The highest BCUT2D eigenvalue weighted by molar-refractivity contribution is 7.92. The zero-order chi connectivity index (χ0) is 16.4. The number of anilines is 1. The van der Waals surface area contributed by atoms with Crippen LogP contribution >= 0.6 is 11.6 Å². The van der Waals surface area contributed by atoms with Crippen molar-refractivity contribution in [2.24, 2.45) is 0 Å². The summed E-state index contributed by atoms with van der Waals surface area (Å²) >= 11 is 6.00. The molecule has 6 nitrogen and oxygen atoms in total. The average Bonchev–Trinajstić information content (AvgIpc) is 2.55. The van der Waals surface area contributed by atoms with Gasteiger partial charge in [-0.25, -0.2) is 18.4 Å². The van der Waals surface area contributed by atoms with Crippen LogP contribution in [0.5, 0.6) is 0 Å². The molecule has 0 fully saturated rings. The van der Waals surface area contributed by atoms with E-state index in [1.54, 1.807) is 30.3 Å². The van der Waals surface area contributed by atoms with Crippen LogP contribution in [0.1, 0.15) is 5.56 Å². The Morgan fingerprint density at radius 3 is 2.30 bits per heavy atom. The number of sulfonamides is 1. The van der Waals surface area contributed by atoms with E-state index in [0.29, 0.717) is 11.0 Å². The molecule has 0 spiro atoms. The van der Waals surface area contributed by atoms with E-state index >= 15 is 0 Å². The summed E-state index contributed by atoms with van der Waals surface area (Å²) in [6.07, 6.45) is 0. The first-order valence-electron chi connectivity index (χ1n) is 6.45. The third kappa shape index (κ3) is 2.95. The number of nitriles is 1. The highest BCUT2D eigenvalue weighted by atomic mass is 35.5. The number of hydrogen-bond acceptors (Lipinski definition) is 5. The maximum atomic E-state index is 12.5. The largest absolute Gasteiger partial charge is 0.264 e. The number of halogens is 1. The lowest BCUT2D eigenvalue weighted by atomic mass is 10.2. The van der Waals surface area contributed by atoms with Gasteiger partial charge in [0, 0.05) is 0 Å². The number of nitrogens with zero attached hydrogens (tertiary/aromatic N) is 3. The molecule has 0 aliphatic carbocycles. The Labute approximate surface area is 137 Å². The highest BCUT2D eigenvalue weighted by Crippen LogP contribution is 2.24. The smallest absolute Gasteiger partial charge is 0.261 e. The van der Waals surface area contributed by atoms with Gasteiger partial charge in [-0.2, -0.15) is 5.26 Å². The fraction of sp³-hybridized carbons (Fsp3) is 0. The molecule has 8 heteroatoms. The maximum absolute atomic E-state index is 12.5. The first kappa shape index (κ1) is 15.2. The van der Waals surface area contributed by atoms with Crippen LogP contribution in [0.2, 0.25) is 5.15 Å². The van der Waals surface area contributed by atoms with Gasteiger partial charge in [0.1, 0.15) is 11.0 Å². The molecule has 0 saturated heterocycles. The molecule has 3 aromatic rings. The Balaban J connectivity index is 2.07. The fourth-order valence-corrected chi connectivity index (χ4v) is 3.42. The van der Waals surface area contributed by atoms with Gasteiger partial charge in [0.25, 0.3) is 10.0 Å². The van der Waals surface area contributed by atoms with E-state index < -0.39 is 10.0 Å². The molecular weight excluding hydrogens is 336 g/mol. The second kappa shape index (κ2) is 5.83. The molecule has 1 aromatic heterocycles. The van der Waals surface area contributed by atoms with Gasteiger partial charge in [-0.05, 0) is 24.3 Å². The van der Waals surface area contributed by atoms with Crippen LogP contribution in [-0.2, 0) is 10.0 Å². The van der Waals surface area contributed by atoms with Crippen molar-refractivity contribution in [3.8, 4) is 6.07 Å². The number of hydrogen-bond donors (Lipinski definition) is 1. The van der Waals surface area contributed by atoms with Crippen LogP contribution < -0.4 is 4.72 Å². The van der Waals surface area contributed by atoms with Gasteiger partial charge in [-0.15, -0.1) is 0 Å². The van der Waals surface area contributed by atoms with Crippen molar-refractivity contribution in [2.75, 3.05) is 4.72 Å². The summed E-state index contributed by atoms with van der Waals surface area (Å²) in [5.74, 6) is -0.0851. The van der Waals surface area contributed by atoms with E-state index in [9.17, 15) is 8.42 Å². The molecule has 0 bridgehead atoms. The summed E-state index contributed by atoms with van der Waals surface area (Å²) in [6, 6.07) is 14.7. The SMILES string of the molecule is N#Cc1ccccc1S(=O)(=O)Nc1nc2ccccc2nc1Cl. The van der Waals surface area contributed by atoms with Crippen LogP contribution in [0.15, 0.2) is 53.4 Å². The van der Waals surface area contributed by atoms with Crippen molar-refractivity contribution >= 4 is 38.5 Å². The van der Waals surface area contributed by atoms with Crippen LogP contribution in [0.3, 0.4) is 0 Å². The summed E-state index contributed by atoms with van der Waals surface area (Å²) < 4.78 is 27.2. The fourth-order valence-electron chi connectivity index (χ4n) is 2.02. The van der Waals surface area contributed by atoms with Gasteiger partial charge in [0.05, 0.1) is 16.6 Å². The zero-order valence-electron chi connectivity index (χ0n) is 11.6. The minimum atomic E-state index is -4.01. The molecule has 0 saturated carbocycles. The van der Waals surface area contributed by atoms with E-state index in [1.807, 2.05) is 6.07 Å². The molecule has 0 radical (unpaired) electrons. The highest BCUT2D eigenvalue weighted by Gasteiger charge is 2.21. The third-order valence-electron chi connectivity index (χ3n) is 3.06. The second-order valence-corrected chi connectivity index (χ2v) is 6.57. The Morgan fingerprint density at radius 1 is 1.00 bits per heavy atom. The summed E-state index contributed by atoms with van der Waals surface area (Å²) in [5.41, 5.74) is 1.09. The Hall–Kier alpha value is -2.69. The molecule has 1 N–H and O–H groups in total. The molecule has 0 atom stereocenters. The van der Waals surface area contributed by atoms with Gasteiger partial charge in [0.15, 0.2) is 11.0 Å². The van der Waals surface area contributed by atoms with Crippen molar-refractivity contribution in [1.29, 1.82) is 5.26 Å². The second-order valence-electron chi connectivity index (χ2n) is 4.57. The number of para-hydroxylation sites is 2. The van der Waals surface area contributed by atoms with E-state index in [2.05, 4.69) is 14.7 Å². The van der Waals surface area contributed by atoms with Crippen LogP contribution in [0.4, 0.5) is 5.82 Å². The van der Waals surface area contributed by atoms with Crippen LogP contribution in [0, 0.1) is 11.3 Å². The summed E-state index contributed by atoms with van der Waals surface area (Å²) in [4.78, 5) is 8.14. The first-order chi connectivity index (χ1) is 11.0. The van der Waals surface area contributed by atoms with Crippen molar-refractivity contribution in [3.63, 3.8) is 0 Å². The van der Waals surface area contributed by atoms with Crippen molar-refractivity contribution in [2.45, 2.75) is 4.90 Å². The van der Waals surface area contributed by atoms with E-state index in [-0.39, 0.29) is 21.4 Å². The number of nitrogens with one attached hydrogen (secondary N) is 1. The minimum absolute atomic E-state index is 0.0323. The molecule has 114 valence electrons. The quantitative estimate of drug-likeness (QED) is 0.788. The Kier molecular flexibility index (Phi) is 3.86. The topological polar surface area (TPSA) is 95.7 Å². The molecular formula is C15H9ClN4O2S. The Bertz CT molecular complexity index is 1040. The molecule has 0 aliphatic rings. The predicted octanol–water partition coefficient (Wildman–Crippen LogP) is 2.96. The standard InChI is InChI=1S/C15H9ClN4O2S/c16-14-15(19-12-7-3-2-6-11(12)18-14)20-23(21,22)13-8-4-1-5-10(13)9-17/h1-8H,(H,19,20). The van der Waals surface area contributed by atoms with Gasteiger partial charge < -0.3 is 0 Å². The molecule has 0 amide bonds. The predicted molar refractivity (Wildman–Crippen MR) is 86.5 cm³/mol. The lowest BCUT2D eigenvalue weighted by molar-refractivity contribution is 0.601. The third-order valence-corrected chi connectivity index (χ3v) is 4.72. The molecule has 3 rings (SSSR count). The summed E-state index contributed by atoms with van der Waals surface area (Å²) in [7, 11) is -4.01. The number of fused-ring (bicyclic) bond motifs is 1. The number of benzene rings is 2. The lowest BCUT2D eigenvalue weighted by Gasteiger charge is -2.10. The van der Waals surface area contributed by atoms with Crippen LogP contribution in [0.25, 0.3) is 11.0 Å². The van der Waals surface area contributed by atoms with Crippen molar-refractivity contribution in [1.82, 2.24) is 9.97 Å². The molecule has 0 aliphatic heterocycles. The Morgan fingerprint density at radius 2 is 1.61 bits per heavy atom. The molecule has 1 heterocycles.